The van der Waals surface area contributed by atoms with E-state index in [0.717, 1.165) is 38.4 Å². The summed E-state index contributed by atoms with van der Waals surface area (Å²) < 4.78 is 0. The Balaban J connectivity index is 1.76. The molecular formula is C12H21NO. The summed E-state index contributed by atoms with van der Waals surface area (Å²) in [6, 6.07) is 0. The number of ketones is 1. The molecule has 2 rings (SSSR count). The second-order valence-electron chi connectivity index (χ2n) is 4.89. The van der Waals surface area contributed by atoms with Crippen molar-refractivity contribution in [2.24, 2.45) is 11.8 Å². The van der Waals surface area contributed by atoms with E-state index in [0.29, 0.717) is 11.7 Å². The van der Waals surface area contributed by atoms with E-state index in [-0.39, 0.29) is 0 Å². The van der Waals surface area contributed by atoms with E-state index in [2.05, 4.69) is 11.8 Å². The monoisotopic (exact) mass is 195 g/mol. The molecule has 1 aliphatic carbocycles. The van der Waals surface area contributed by atoms with Crippen LogP contribution >= 0.6 is 0 Å². The smallest absolute Gasteiger partial charge is 0.149 e. The van der Waals surface area contributed by atoms with Gasteiger partial charge in [0.25, 0.3) is 0 Å². The molecule has 0 N–H and O–H groups in total. The lowest BCUT2D eigenvalue weighted by Crippen LogP contribution is -2.39. The Bertz CT molecular complexity index is 210. The number of likely N-dealkylation sites (tertiary alicyclic amines) is 1. The predicted molar refractivity (Wildman–Crippen MR) is 57.2 cm³/mol. The molecule has 1 saturated heterocycles. The Kier molecular flexibility index (Phi) is 3.22. The summed E-state index contributed by atoms with van der Waals surface area (Å²) in [6.07, 6.45) is 6.24. The van der Waals surface area contributed by atoms with Crippen molar-refractivity contribution in [2.45, 2.75) is 39.0 Å². The summed E-state index contributed by atoms with van der Waals surface area (Å²) in [4.78, 5) is 14.0. The van der Waals surface area contributed by atoms with Crippen LogP contribution in [0, 0.1) is 11.8 Å². The van der Waals surface area contributed by atoms with Crippen LogP contribution in [0.4, 0.5) is 0 Å². The minimum absolute atomic E-state index is 0.442. The molecular weight excluding hydrogens is 174 g/mol. The fraction of sp³-hybridized carbons (Fsp3) is 0.917. The van der Waals surface area contributed by atoms with Crippen molar-refractivity contribution in [3.05, 3.63) is 0 Å². The molecule has 1 unspecified atom stereocenters. The molecule has 0 spiro atoms. The van der Waals surface area contributed by atoms with Gasteiger partial charge in [-0.3, -0.25) is 9.69 Å². The third-order valence-electron chi connectivity index (χ3n) is 3.59. The molecule has 2 fully saturated rings. The van der Waals surface area contributed by atoms with Crippen LogP contribution in [0.1, 0.15) is 39.0 Å². The zero-order valence-electron chi connectivity index (χ0n) is 9.17. The van der Waals surface area contributed by atoms with E-state index in [1.807, 2.05) is 0 Å². The van der Waals surface area contributed by atoms with E-state index in [1.54, 1.807) is 0 Å². The van der Waals surface area contributed by atoms with Crippen molar-refractivity contribution >= 4 is 5.78 Å². The van der Waals surface area contributed by atoms with Crippen LogP contribution in [0.3, 0.4) is 0 Å². The first kappa shape index (κ1) is 10.2. The number of hydrogen-bond donors (Lipinski definition) is 0. The maximum absolute atomic E-state index is 11.6. The van der Waals surface area contributed by atoms with E-state index in [9.17, 15) is 4.79 Å². The Hall–Kier alpha value is -0.370. The molecule has 2 heteroatoms. The standard InChI is InChI=1S/C12H21NO/c1-2-10-4-3-7-13(8-10)9-12(14)11-5-6-11/h10-11H,2-9H2,1H3. The molecule has 1 aliphatic heterocycles. The van der Waals surface area contributed by atoms with Crippen molar-refractivity contribution < 1.29 is 4.79 Å². The van der Waals surface area contributed by atoms with Gasteiger partial charge < -0.3 is 0 Å². The lowest BCUT2D eigenvalue weighted by atomic mass is 9.95. The molecule has 0 aromatic rings. The summed E-state index contributed by atoms with van der Waals surface area (Å²) in [5.41, 5.74) is 0. The number of piperidine rings is 1. The minimum Gasteiger partial charge on any atom is -0.298 e. The molecule has 2 aliphatic rings. The predicted octanol–water partition coefficient (Wildman–Crippen LogP) is 2.09. The molecule has 1 heterocycles. The average molecular weight is 195 g/mol. The summed E-state index contributed by atoms with van der Waals surface area (Å²) in [5.74, 6) is 1.79. The third-order valence-corrected chi connectivity index (χ3v) is 3.59. The maximum atomic E-state index is 11.6. The van der Waals surface area contributed by atoms with Gasteiger partial charge in [-0.05, 0) is 38.1 Å². The molecule has 1 saturated carbocycles. The van der Waals surface area contributed by atoms with Crippen molar-refractivity contribution in [3.8, 4) is 0 Å². The fourth-order valence-electron chi connectivity index (χ4n) is 2.38. The first-order valence-electron chi connectivity index (χ1n) is 6.04. The number of carbonyl (C=O) groups is 1. The third kappa shape index (κ3) is 2.57. The average Bonchev–Trinajstić information content (AvgIpc) is 3.01. The summed E-state index contributed by atoms with van der Waals surface area (Å²) in [5, 5.41) is 0. The number of Topliss-reactive ketones (excluding diaryl/α,β-unsaturated/α-hetero) is 1. The summed E-state index contributed by atoms with van der Waals surface area (Å²) in [7, 11) is 0. The normalized spacial score (nSPS) is 29.1. The van der Waals surface area contributed by atoms with E-state index < -0.39 is 0 Å². The Morgan fingerprint density at radius 3 is 2.79 bits per heavy atom. The molecule has 0 bridgehead atoms. The van der Waals surface area contributed by atoms with Crippen LogP contribution in [0.15, 0.2) is 0 Å². The Morgan fingerprint density at radius 2 is 2.14 bits per heavy atom. The van der Waals surface area contributed by atoms with Crippen LogP contribution in [-0.4, -0.2) is 30.3 Å². The van der Waals surface area contributed by atoms with Crippen LogP contribution in [0.25, 0.3) is 0 Å². The highest BCUT2D eigenvalue weighted by Gasteiger charge is 2.31. The van der Waals surface area contributed by atoms with Gasteiger partial charge in [-0.2, -0.15) is 0 Å². The van der Waals surface area contributed by atoms with Crippen molar-refractivity contribution in [1.82, 2.24) is 4.90 Å². The first-order valence-corrected chi connectivity index (χ1v) is 6.04. The number of nitrogens with zero attached hydrogens (tertiary/aromatic N) is 1. The second kappa shape index (κ2) is 4.43. The second-order valence-corrected chi connectivity index (χ2v) is 4.89. The van der Waals surface area contributed by atoms with Crippen molar-refractivity contribution in [2.75, 3.05) is 19.6 Å². The van der Waals surface area contributed by atoms with Gasteiger partial charge in [0.2, 0.25) is 0 Å². The van der Waals surface area contributed by atoms with E-state index in [4.69, 9.17) is 0 Å². The Morgan fingerprint density at radius 1 is 1.36 bits per heavy atom. The number of rotatable bonds is 4. The first-order chi connectivity index (χ1) is 6.79. The molecule has 1 atom stereocenters. The van der Waals surface area contributed by atoms with Crippen LogP contribution in [0.5, 0.6) is 0 Å². The zero-order chi connectivity index (χ0) is 9.97. The van der Waals surface area contributed by atoms with Gasteiger partial charge in [0.15, 0.2) is 0 Å². The number of hydrogen-bond acceptors (Lipinski definition) is 2. The van der Waals surface area contributed by atoms with Gasteiger partial charge in [-0.25, -0.2) is 0 Å². The van der Waals surface area contributed by atoms with Crippen molar-refractivity contribution in [3.63, 3.8) is 0 Å². The fourth-order valence-corrected chi connectivity index (χ4v) is 2.38. The highest BCUT2D eigenvalue weighted by Crippen LogP contribution is 2.30. The van der Waals surface area contributed by atoms with E-state index in [1.165, 1.54) is 19.3 Å². The Labute approximate surface area is 86.7 Å². The lowest BCUT2D eigenvalue weighted by Gasteiger charge is -2.31. The van der Waals surface area contributed by atoms with Crippen molar-refractivity contribution in [1.29, 1.82) is 0 Å². The SMILES string of the molecule is CCC1CCCN(CC(=O)C2CC2)C1. The van der Waals surface area contributed by atoms with Gasteiger partial charge in [0.1, 0.15) is 5.78 Å². The molecule has 14 heavy (non-hydrogen) atoms. The highest BCUT2D eigenvalue weighted by molar-refractivity contribution is 5.84. The lowest BCUT2D eigenvalue weighted by molar-refractivity contribution is -0.121. The molecule has 0 aromatic carbocycles. The van der Waals surface area contributed by atoms with Gasteiger partial charge in [-0.1, -0.05) is 13.3 Å². The quantitative estimate of drug-likeness (QED) is 0.684. The van der Waals surface area contributed by atoms with Gasteiger partial charge in [0, 0.05) is 12.5 Å². The van der Waals surface area contributed by atoms with Gasteiger partial charge in [-0.15, -0.1) is 0 Å². The van der Waals surface area contributed by atoms with Crippen LogP contribution in [0.2, 0.25) is 0 Å². The highest BCUT2D eigenvalue weighted by atomic mass is 16.1. The van der Waals surface area contributed by atoms with Gasteiger partial charge >= 0.3 is 0 Å². The largest absolute Gasteiger partial charge is 0.298 e. The van der Waals surface area contributed by atoms with Crippen LogP contribution in [-0.2, 0) is 4.79 Å². The molecule has 0 radical (unpaired) electrons. The maximum Gasteiger partial charge on any atom is 0.149 e. The summed E-state index contributed by atoms with van der Waals surface area (Å²) >= 11 is 0. The topological polar surface area (TPSA) is 20.3 Å². The van der Waals surface area contributed by atoms with Crippen LogP contribution < -0.4 is 0 Å². The minimum atomic E-state index is 0.442. The molecule has 0 amide bonds. The van der Waals surface area contributed by atoms with Gasteiger partial charge in [0.05, 0.1) is 6.54 Å². The molecule has 0 aromatic heterocycles. The summed E-state index contributed by atoms with van der Waals surface area (Å²) in [6.45, 7) is 5.31. The number of carbonyl (C=O) groups excluding carboxylic acids is 1. The van der Waals surface area contributed by atoms with E-state index >= 15 is 0 Å². The molecule has 2 nitrogen and oxygen atoms in total. The molecule has 80 valence electrons. The zero-order valence-corrected chi connectivity index (χ0v) is 9.17.